The molecule has 6 heteroatoms. The van der Waals surface area contributed by atoms with Gasteiger partial charge in [-0.2, -0.15) is 0 Å². The fraction of sp³-hybridized carbons (Fsp3) is 0.429. The van der Waals surface area contributed by atoms with E-state index >= 15 is 0 Å². The third kappa shape index (κ3) is 4.50. The van der Waals surface area contributed by atoms with Crippen LogP contribution >= 0.6 is 11.3 Å². The van der Waals surface area contributed by atoms with Gasteiger partial charge < -0.3 is 15.8 Å². The highest BCUT2D eigenvalue weighted by molar-refractivity contribution is 7.17. The van der Waals surface area contributed by atoms with Gasteiger partial charge in [-0.25, -0.2) is 0 Å². The van der Waals surface area contributed by atoms with Crippen molar-refractivity contribution in [2.75, 3.05) is 11.9 Å². The van der Waals surface area contributed by atoms with Gasteiger partial charge in [-0.15, -0.1) is 11.3 Å². The average Bonchev–Trinajstić information content (AvgIpc) is 2.97. The molecule has 1 aromatic carbocycles. The zero-order valence-electron chi connectivity index (χ0n) is 16.0. The molecule has 3 rings (SSSR count). The minimum Gasteiger partial charge on any atom is -0.484 e. The third-order valence-corrected chi connectivity index (χ3v) is 6.10. The lowest BCUT2D eigenvalue weighted by molar-refractivity contribution is -0.118. The number of ether oxygens (including phenoxy) is 1. The largest absolute Gasteiger partial charge is 0.484 e. The molecule has 2 aromatic rings. The number of anilines is 1. The second-order valence-corrected chi connectivity index (χ2v) is 8.59. The summed E-state index contributed by atoms with van der Waals surface area (Å²) in [5.41, 5.74) is 8.28. The van der Waals surface area contributed by atoms with E-state index in [9.17, 15) is 9.59 Å². The topological polar surface area (TPSA) is 81.4 Å². The number of hydrogen-bond donors (Lipinski definition) is 2. The van der Waals surface area contributed by atoms with Crippen LogP contribution in [-0.4, -0.2) is 18.4 Å². The van der Waals surface area contributed by atoms with Gasteiger partial charge >= 0.3 is 0 Å². The Morgan fingerprint density at radius 2 is 2.00 bits per heavy atom. The van der Waals surface area contributed by atoms with E-state index in [-0.39, 0.29) is 12.5 Å². The number of thiophene rings is 1. The number of hydrogen-bond acceptors (Lipinski definition) is 4. The molecule has 5 nitrogen and oxygen atoms in total. The Hall–Kier alpha value is -2.34. The van der Waals surface area contributed by atoms with E-state index in [2.05, 4.69) is 26.1 Å². The Balaban J connectivity index is 1.66. The molecule has 1 aliphatic carbocycles. The molecular weight excluding hydrogens is 360 g/mol. The predicted octanol–water partition coefficient (Wildman–Crippen LogP) is 4.11. The summed E-state index contributed by atoms with van der Waals surface area (Å²) in [6.07, 6.45) is 2.79. The molecular formula is C21H26N2O3S. The van der Waals surface area contributed by atoms with Crippen LogP contribution in [0.15, 0.2) is 24.3 Å². The first-order chi connectivity index (χ1) is 12.8. The number of fused-ring (bicyclic) bond motifs is 1. The molecule has 144 valence electrons. The second kappa shape index (κ2) is 8.13. The predicted molar refractivity (Wildman–Crippen MR) is 109 cm³/mol. The van der Waals surface area contributed by atoms with Crippen LogP contribution in [0.5, 0.6) is 5.75 Å². The van der Waals surface area contributed by atoms with Gasteiger partial charge in [0.15, 0.2) is 6.61 Å². The van der Waals surface area contributed by atoms with Crippen molar-refractivity contribution in [2.24, 2.45) is 11.7 Å². The highest BCUT2D eigenvalue weighted by atomic mass is 32.1. The Kier molecular flexibility index (Phi) is 5.85. The number of benzene rings is 1. The van der Waals surface area contributed by atoms with Gasteiger partial charge in [-0.05, 0) is 54.4 Å². The molecule has 1 atom stereocenters. The van der Waals surface area contributed by atoms with E-state index in [0.717, 1.165) is 29.7 Å². The SMILES string of the molecule is CC1CCc2c(sc(NC(=O)COc3ccc(C(C)C)cc3)c2C(N)=O)C1. The van der Waals surface area contributed by atoms with Crippen LogP contribution in [-0.2, 0) is 17.6 Å². The Bertz CT molecular complexity index is 840. The van der Waals surface area contributed by atoms with Crippen LogP contribution in [0.3, 0.4) is 0 Å². The summed E-state index contributed by atoms with van der Waals surface area (Å²) in [5, 5.41) is 3.36. The monoisotopic (exact) mass is 386 g/mol. The number of rotatable bonds is 6. The first-order valence-corrected chi connectivity index (χ1v) is 10.1. The lowest BCUT2D eigenvalue weighted by atomic mass is 9.88. The van der Waals surface area contributed by atoms with Gasteiger partial charge in [0.05, 0.1) is 5.56 Å². The lowest BCUT2D eigenvalue weighted by Crippen LogP contribution is -2.22. The normalized spacial score (nSPS) is 16.1. The van der Waals surface area contributed by atoms with E-state index in [4.69, 9.17) is 10.5 Å². The molecule has 0 saturated heterocycles. The van der Waals surface area contributed by atoms with Crippen LogP contribution in [0.1, 0.15) is 59.5 Å². The van der Waals surface area contributed by atoms with Crippen molar-refractivity contribution >= 4 is 28.2 Å². The lowest BCUT2D eigenvalue weighted by Gasteiger charge is -2.18. The van der Waals surface area contributed by atoms with Crippen molar-refractivity contribution in [1.82, 2.24) is 0 Å². The van der Waals surface area contributed by atoms with Crippen LogP contribution in [0.4, 0.5) is 5.00 Å². The van der Waals surface area contributed by atoms with Gasteiger partial charge in [-0.3, -0.25) is 9.59 Å². The fourth-order valence-electron chi connectivity index (χ4n) is 3.36. The van der Waals surface area contributed by atoms with Gasteiger partial charge in [-0.1, -0.05) is 32.9 Å². The van der Waals surface area contributed by atoms with Crippen LogP contribution < -0.4 is 15.8 Å². The molecule has 0 saturated carbocycles. The van der Waals surface area contributed by atoms with Gasteiger partial charge in [0, 0.05) is 4.88 Å². The maximum atomic E-state index is 12.3. The summed E-state index contributed by atoms with van der Waals surface area (Å²) in [7, 11) is 0. The summed E-state index contributed by atoms with van der Waals surface area (Å²) >= 11 is 1.46. The Labute approximate surface area is 163 Å². The van der Waals surface area contributed by atoms with E-state index in [0.29, 0.717) is 28.1 Å². The molecule has 27 heavy (non-hydrogen) atoms. The van der Waals surface area contributed by atoms with Crippen molar-refractivity contribution in [3.8, 4) is 5.75 Å². The summed E-state index contributed by atoms with van der Waals surface area (Å²) in [4.78, 5) is 25.4. The van der Waals surface area contributed by atoms with Crippen LogP contribution in [0.2, 0.25) is 0 Å². The molecule has 1 unspecified atom stereocenters. The molecule has 1 aliphatic rings. The van der Waals surface area contributed by atoms with Crippen molar-refractivity contribution in [2.45, 2.75) is 46.0 Å². The van der Waals surface area contributed by atoms with E-state index in [1.807, 2.05) is 24.3 Å². The molecule has 0 radical (unpaired) electrons. The smallest absolute Gasteiger partial charge is 0.262 e. The Morgan fingerprint density at radius 1 is 1.30 bits per heavy atom. The second-order valence-electron chi connectivity index (χ2n) is 7.48. The summed E-state index contributed by atoms with van der Waals surface area (Å²) in [5.74, 6) is 0.892. The summed E-state index contributed by atoms with van der Waals surface area (Å²) in [6.45, 7) is 6.34. The maximum Gasteiger partial charge on any atom is 0.262 e. The number of carbonyl (C=O) groups excluding carboxylic acids is 2. The zero-order chi connectivity index (χ0) is 19.6. The van der Waals surface area contributed by atoms with E-state index in [1.54, 1.807) is 0 Å². The van der Waals surface area contributed by atoms with Crippen molar-refractivity contribution in [1.29, 1.82) is 0 Å². The minimum atomic E-state index is -0.484. The first-order valence-electron chi connectivity index (χ1n) is 9.32. The molecule has 0 bridgehead atoms. The molecule has 0 aliphatic heterocycles. The van der Waals surface area contributed by atoms with E-state index < -0.39 is 5.91 Å². The highest BCUT2D eigenvalue weighted by Gasteiger charge is 2.27. The number of nitrogens with two attached hydrogens (primary N) is 1. The minimum absolute atomic E-state index is 0.113. The van der Waals surface area contributed by atoms with Crippen molar-refractivity contribution in [3.05, 3.63) is 45.8 Å². The van der Waals surface area contributed by atoms with Crippen LogP contribution in [0.25, 0.3) is 0 Å². The van der Waals surface area contributed by atoms with Crippen molar-refractivity contribution in [3.63, 3.8) is 0 Å². The zero-order valence-corrected chi connectivity index (χ0v) is 16.8. The molecule has 1 heterocycles. The number of carbonyl (C=O) groups is 2. The molecule has 0 spiro atoms. The number of amides is 2. The summed E-state index contributed by atoms with van der Waals surface area (Å²) in [6, 6.07) is 7.72. The molecule has 3 N–H and O–H groups in total. The first kappa shape index (κ1) is 19.4. The molecule has 1 aromatic heterocycles. The van der Waals surface area contributed by atoms with E-state index in [1.165, 1.54) is 16.9 Å². The molecule has 2 amide bonds. The number of nitrogens with one attached hydrogen (secondary N) is 1. The van der Waals surface area contributed by atoms with Crippen LogP contribution in [0, 0.1) is 5.92 Å². The number of primary amides is 1. The van der Waals surface area contributed by atoms with Gasteiger partial charge in [0.25, 0.3) is 11.8 Å². The Morgan fingerprint density at radius 3 is 2.63 bits per heavy atom. The fourth-order valence-corrected chi connectivity index (χ4v) is 4.79. The third-order valence-electron chi connectivity index (χ3n) is 4.93. The summed E-state index contributed by atoms with van der Waals surface area (Å²) < 4.78 is 5.57. The standard InChI is InChI=1S/C21H26N2O3S/c1-12(2)14-5-7-15(8-6-14)26-11-18(24)23-21-19(20(22)25)16-9-4-13(3)10-17(16)27-21/h5-8,12-13H,4,9-11H2,1-3H3,(H2,22,25)(H,23,24). The average molecular weight is 387 g/mol. The van der Waals surface area contributed by atoms with Crippen molar-refractivity contribution < 1.29 is 14.3 Å². The van der Waals surface area contributed by atoms with Gasteiger partial charge in [0.2, 0.25) is 0 Å². The van der Waals surface area contributed by atoms with Gasteiger partial charge in [0.1, 0.15) is 10.8 Å². The quantitative estimate of drug-likeness (QED) is 0.784. The maximum absolute atomic E-state index is 12.3. The molecule has 0 fully saturated rings. The highest BCUT2D eigenvalue weighted by Crippen LogP contribution is 2.39.